The molecule has 0 unspecified atom stereocenters. The van der Waals surface area contributed by atoms with Crippen molar-refractivity contribution in [3.8, 4) is 0 Å². The molecular weight excluding hydrogens is 346 g/mol. The number of hydrogen-bond donors (Lipinski definition) is 1. The van der Waals surface area contributed by atoms with Crippen molar-refractivity contribution >= 4 is 27.5 Å². The van der Waals surface area contributed by atoms with E-state index in [4.69, 9.17) is 0 Å². The Labute approximate surface area is 157 Å². The molecule has 0 aliphatic heterocycles. The molecule has 0 radical (unpaired) electrons. The van der Waals surface area contributed by atoms with Gasteiger partial charge in [-0.2, -0.15) is 0 Å². The number of aromatic nitrogens is 2. The van der Waals surface area contributed by atoms with Gasteiger partial charge in [0.1, 0.15) is 17.2 Å². The normalized spacial score (nSPS) is 25.8. The van der Waals surface area contributed by atoms with Crippen molar-refractivity contribution in [3.63, 3.8) is 0 Å². The van der Waals surface area contributed by atoms with Gasteiger partial charge in [-0.1, -0.05) is 6.42 Å². The summed E-state index contributed by atoms with van der Waals surface area (Å²) in [7, 11) is 0. The lowest BCUT2D eigenvalue weighted by molar-refractivity contribution is -0.122. The molecule has 2 aromatic heterocycles. The first-order chi connectivity index (χ1) is 12.3. The van der Waals surface area contributed by atoms with Gasteiger partial charge in [-0.15, -0.1) is 11.3 Å². The zero-order chi connectivity index (χ0) is 18.6. The Kier molecular flexibility index (Phi) is 4.41. The number of carbonyl (C=O) groups is 1. The van der Waals surface area contributed by atoms with Crippen LogP contribution in [0.1, 0.15) is 48.9 Å². The highest BCUT2D eigenvalue weighted by Crippen LogP contribution is 2.49. The molecule has 2 saturated carbocycles. The van der Waals surface area contributed by atoms with Gasteiger partial charge in [0.2, 0.25) is 5.91 Å². The summed E-state index contributed by atoms with van der Waals surface area (Å²) in [6.45, 7) is 7.93. The molecule has 2 aliphatic rings. The predicted octanol–water partition coefficient (Wildman–Crippen LogP) is 3.32. The summed E-state index contributed by atoms with van der Waals surface area (Å²) in [5.74, 6) is 2.75. The van der Waals surface area contributed by atoms with E-state index in [2.05, 4.69) is 17.2 Å². The van der Waals surface area contributed by atoms with E-state index >= 15 is 0 Å². The van der Waals surface area contributed by atoms with Crippen molar-refractivity contribution in [1.29, 1.82) is 0 Å². The van der Waals surface area contributed by atoms with E-state index in [0.717, 1.165) is 27.1 Å². The minimum atomic E-state index is -0.0999. The number of thiophene rings is 1. The molecule has 5 nitrogen and oxygen atoms in total. The second kappa shape index (κ2) is 6.48. The van der Waals surface area contributed by atoms with Crippen molar-refractivity contribution < 1.29 is 4.79 Å². The van der Waals surface area contributed by atoms with E-state index in [1.165, 1.54) is 30.3 Å². The van der Waals surface area contributed by atoms with E-state index in [1.54, 1.807) is 18.3 Å². The maximum Gasteiger partial charge on any atom is 0.263 e. The first kappa shape index (κ1) is 17.7. The highest BCUT2D eigenvalue weighted by Gasteiger charge is 2.42. The van der Waals surface area contributed by atoms with Crippen LogP contribution in [-0.2, 0) is 11.3 Å². The number of rotatable bonds is 4. The first-order valence-electron chi connectivity index (χ1n) is 9.61. The van der Waals surface area contributed by atoms with Gasteiger partial charge in [-0.25, -0.2) is 4.98 Å². The van der Waals surface area contributed by atoms with Crippen LogP contribution in [0.2, 0.25) is 0 Å². The number of amides is 1. The Hall–Kier alpha value is -1.69. The molecule has 2 aliphatic carbocycles. The van der Waals surface area contributed by atoms with Crippen LogP contribution in [0.4, 0.5) is 0 Å². The van der Waals surface area contributed by atoms with Crippen molar-refractivity contribution in [2.24, 2.45) is 17.8 Å². The van der Waals surface area contributed by atoms with Crippen LogP contribution in [0.5, 0.6) is 0 Å². The summed E-state index contributed by atoms with van der Waals surface area (Å²) >= 11 is 1.54. The third-order valence-corrected chi connectivity index (χ3v) is 7.71. The summed E-state index contributed by atoms with van der Waals surface area (Å²) in [6, 6.07) is 0.177. The first-order valence-corrected chi connectivity index (χ1v) is 10.4. The Morgan fingerprint density at radius 1 is 1.31 bits per heavy atom. The van der Waals surface area contributed by atoms with Gasteiger partial charge in [-0.3, -0.25) is 14.2 Å². The molecule has 0 saturated heterocycles. The number of aryl methyl sites for hydroxylation is 3. The van der Waals surface area contributed by atoms with Gasteiger partial charge in [0.25, 0.3) is 5.56 Å². The molecule has 4 atom stereocenters. The number of nitrogens with one attached hydrogen (secondary N) is 1. The summed E-state index contributed by atoms with van der Waals surface area (Å²) in [5.41, 5.74) is 0.879. The average Bonchev–Trinajstić information content (AvgIpc) is 3.27. The second-order valence-electron chi connectivity index (χ2n) is 8.21. The van der Waals surface area contributed by atoms with E-state index < -0.39 is 0 Å². The Morgan fingerprint density at radius 3 is 2.73 bits per heavy atom. The fourth-order valence-electron chi connectivity index (χ4n) is 5.07. The SMILES string of the molecule is Cc1sc2nc(C)n(CC(=O)N[C@@H](C)[C@@H]3C[C@H]4CC[C@H]3C4)c(=O)c2c1C. The highest BCUT2D eigenvalue weighted by atomic mass is 32.1. The van der Waals surface area contributed by atoms with Crippen molar-refractivity contribution in [2.45, 2.75) is 66.0 Å². The van der Waals surface area contributed by atoms with Gasteiger partial charge in [0.05, 0.1) is 5.39 Å². The van der Waals surface area contributed by atoms with E-state index in [-0.39, 0.29) is 24.1 Å². The Bertz CT molecular complexity index is 929. The largest absolute Gasteiger partial charge is 0.352 e. The smallest absolute Gasteiger partial charge is 0.263 e. The van der Waals surface area contributed by atoms with Crippen LogP contribution in [0, 0.1) is 38.5 Å². The standard InChI is InChI=1S/C20H27N3O2S/c1-10-12(3)26-19-18(10)20(25)23(13(4)22-19)9-17(24)21-11(2)16-8-14-5-6-15(16)7-14/h11,14-16H,5-9H2,1-4H3,(H,21,24)/t11-,14-,15-,16-/m0/s1. The van der Waals surface area contributed by atoms with Gasteiger partial charge in [0, 0.05) is 10.9 Å². The minimum absolute atomic E-state index is 0.0487. The molecule has 2 heterocycles. The quantitative estimate of drug-likeness (QED) is 0.894. The fourth-order valence-corrected chi connectivity index (χ4v) is 6.14. The predicted molar refractivity (Wildman–Crippen MR) is 105 cm³/mol. The van der Waals surface area contributed by atoms with E-state index in [9.17, 15) is 9.59 Å². The molecule has 26 heavy (non-hydrogen) atoms. The molecule has 0 aromatic carbocycles. The van der Waals surface area contributed by atoms with Crippen LogP contribution < -0.4 is 10.9 Å². The molecule has 0 spiro atoms. The number of hydrogen-bond acceptors (Lipinski definition) is 4. The molecule has 2 bridgehead atoms. The molecule has 6 heteroatoms. The third-order valence-electron chi connectivity index (χ3n) is 6.61. The van der Waals surface area contributed by atoms with E-state index in [1.807, 2.05) is 13.8 Å². The minimum Gasteiger partial charge on any atom is -0.352 e. The summed E-state index contributed by atoms with van der Waals surface area (Å²) in [4.78, 5) is 32.0. The molecular formula is C20H27N3O2S. The summed E-state index contributed by atoms with van der Waals surface area (Å²) in [5, 5.41) is 3.81. The monoisotopic (exact) mass is 373 g/mol. The molecule has 140 valence electrons. The topological polar surface area (TPSA) is 64.0 Å². The maximum absolute atomic E-state index is 12.9. The lowest BCUT2D eigenvalue weighted by Crippen LogP contribution is -2.43. The van der Waals surface area contributed by atoms with Gasteiger partial charge >= 0.3 is 0 Å². The molecule has 1 amide bonds. The molecule has 1 N–H and O–H groups in total. The Morgan fingerprint density at radius 2 is 2.08 bits per heavy atom. The van der Waals surface area contributed by atoms with Crippen LogP contribution in [0.3, 0.4) is 0 Å². The third kappa shape index (κ3) is 2.88. The highest BCUT2D eigenvalue weighted by molar-refractivity contribution is 7.18. The van der Waals surface area contributed by atoms with Crippen LogP contribution in [-0.4, -0.2) is 21.5 Å². The molecule has 2 aromatic rings. The molecule has 4 rings (SSSR count). The van der Waals surface area contributed by atoms with Crippen molar-refractivity contribution in [1.82, 2.24) is 14.9 Å². The zero-order valence-electron chi connectivity index (χ0n) is 16.0. The summed E-state index contributed by atoms with van der Waals surface area (Å²) in [6.07, 6.45) is 5.25. The maximum atomic E-state index is 12.9. The van der Waals surface area contributed by atoms with Crippen LogP contribution >= 0.6 is 11.3 Å². The van der Waals surface area contributed by atoms with Crippen molar-refractivity contribution in [2.75, 3.05) is 0 Å². The second-order valence-corrected chi connectivity index (χ2v) is 9.41. The Balaban J connectivity index is 1.52. The van der Waals surface area contributed by atoms with Gasteiger partial charge < -0.3 is 5.32 Å². The molecule has 2 fully saturated rings. The van der Waals surface area contributed by atoms with Crippen LogP contribution in [0.25, 0.3) is 10.2 Å². The van der Waals surface area contributed by atoms with Gasteiger partial charge in [0.15, 0.2) is 0 Å². The number of carbonyl (C=O) groups excluding carboxylic acids is 1. The lowest BCUT2D eigenvalue weighted by atomic mass is 9.84. The fraction of sp³-hybridized carbons (Fsp3) is 0.650. The zero-order valence-corrected chi connectivity index (χ0v) is 16.8. The lowest BCUT2D eigenvalue weighted by Gasteiger charge is -2.28. The average molecular weight is 374 g/mol. The van der Waals surface area contributed by atoms with E-state index in [0.29, 0.717) is 17.1 Å². The number of fused-ring (bicyclic) bond motifs is 3. The summed E-state index contributed by atoms with van der Waals surface area (Å²) < 4.78 is 1.52. The number of nitrogens with zero attached hydrogens (tertiary/aromatic N) is 2. The van der Waals surface area contributed by atoms with Crippen molar-refractivity contribution in [3.05, 3.63) is 26.6 Å². The van der Waals surface area contributed by atoms with Crippen LogP contribution in [0.15, 0.2) is 4.79 Å². The van der Waals surface area contributed by atoms with Gasteiger partial charge in [-0.05, 0) is 70.3 Å².